The first-order chi connectivity index (χ1) is 3.34. The van der Waals surface area contributed by atoms with Crippen molar-refractivity contribution >= 4 is 0 Å². The summed E-state index contributed by atoms with van der Waals surface area (Å²) in [7, 11) is 0. The predicted molar refractivity (Wildman–Crippen MR) is 29.2 cm³/mol. The highest BCUT2D eigenvalue weighted by Gasteiger charge is 2.27. The topological polar surface area (TPSA) is 12.5 Å². The van der Waals surface area contributed by atoms with Crippen molar-refractivity contribution < 1.29 is 4.74 Å². The maximum atomic E-state index is 5.06. The number of hydrogen-bond donors (Lipinski definition) is 0. The van der Waals surface area contributed by atoms with Gasteiger partial charge >= 0.3 is 0 Å². The number of rotatable bonds is 2. The van der Waals surface area contributed by atoms with E-state index in [9.17, 15) is 0 Å². The van der Waals surface area contributed by atoms with Gasteiger partial charge in [0.2, 0.25) is 0 Å². The fourth-order valence-electron chi connectivity index (χ4n) is 0.647. The minimum absolute atomic E-state index is 0.616. The molecule has 0 N–H and O–H groups in total. The molecule has 1 heteroatoms. The molecular weight excluding hydrogens is 88.1 g/mol. The Morgan fingerprint density at radius 1 is 1.86 bits per heavy atom. The molecule has 0 aliphatic carbocycles. The van der Waals surface area contributed by atoms with E-state index in [1.165, 1.54) is 6.42 Å². The summed E-state index contributed by atoms with van der Waals surface area (Å²) in [6, 6.07) is 0. The zero-order valence-corrected chi connectivity index (χ0v) is 4.98. The van der Waals surface area contributed by atoms with Gasteiger partial charge in [-0.05, 0) is 5.92 Å². The fourth-order valence-corrected chi connectivity index (χ4v) is 0.647. The van der Waals surface area contributed by atoms with Crippen molar-refractivity contribution in [2.45, 2.75) is 26.4 Å². The summed E-state index contributed by atoms with van der Waals surface area (Å²) >= 11 is 0. The molecule has 1 heterocycles. The molecule has 0 spiro atoms. The predicted octanol–water partition coefficient (Wildman–Crippen LogP) is 1.43. The second kappa shape index (κ2) is 1.83. The summed E-state index contributed by atoms with van der Waals surface area (Å²) < 4.78 is 5.06. The summed E-state index contributed by atoms with van der Waals surface area (Å²) in [4.78, 5) is 0. The van der Waals surface area contributed by atoms with Crippen molar-refractivity contribution in [3.05, 3.63) is 0 Å². The van der Waals surface area contributed by atoms with Crippen molar-refractivity contribution in [1.29, 1.82) is 0 Å². The summed E-state index contributed by atoms with van der Waals surface area (Å²) in [5, 5.41) is 0. The maximum Gasteiger partial charge on any atom is 0.0835 e. The van der Waals surface area contributed by atoms with Gasteiger partial charge in [0, 0.05) is 0 Å². The number of ether oxygens (including phenoxy) is 1. The molecular formula is C6H12O. The molecule has 7 heavy (non-hydrogen) atoms. The molecule has 0 radical (unpaired) electrons. The Bertz CT molecular complexity index is 57.2. The lowest BCUT2D eigenvalue weighted by atomic mass is 10.1. The average Bonchev–Trinajstić information content (AvgIpc) is 2.44. The molecule has 0 amide bonds. The van der Waals surface area contributed by atoms with Gasteiger partial charge in [-0.25, -0.2) is 0 Å². The van der Waals surface area contributed by atoms with Crippen LogP contribution in [0.15, 0.2) is 0 Å². The molecule has 1 saturated heterocycles. The Morgan fingerprint density at radius 2 is 2.43 bits per heavy atom. The van der Waals surface area contributed by atoms with Crippen LogP contribution in [0.5, 0.6) is 0 Å². The minimum atomic E-state index is 0.616. The summed E-state index contributed by atoms with van der Waals surface area (Å²) in [5.74, 6) is 0.792. The van der Waals surface area contributed by atoms with E-state index in [-0.39, 0.29) is 0 Å². The molecule has 1 aliphatic heterocycles. The number of epoxide rings is 1. The van der Waals surface area contributed by atoms with Crippen molar-refractivity contribution in [2.24, 2.45) is 5.92 Å². The van der Waals surface area contributed by atoms with Crippen molar-refractivity contribution in [3.8, 4) is 0 Å². The zero-order valence-electron chi connectivity index (χ0n) is 4.98. The van der Waals surface area contributed by atoms with Crippen LogP contribution in [-0.4, -0.2) is 12.7 Å². The smallest absolute Gasteiger partial charge is 0.0835 e. The quantitative estimate of drug-likeness (QED) is 0.478. The highest BCUT2D eigenvalue weighted by Crippen LogP contribution is 2.21. The summed E-state index contributed by atoms with van der Waals surface area (Å²) in [6.07, 6.45) is 1.87. The molecule has 0 saturated carbocycles. The molecule has 1 nitrogen and oxygen atoms in total. The highest BCUT2D eigenvalue weighted by molar-refractivity contribution is 4.74. The van der Waals surface area contributed by atoms with E-state index in [4.69, 9.17) is 4.74 Å². The van der Waals surface area contributed by atoms with E-state index in [2.05, 4.69) is 13.8 Å². The van der Waals surface area contributed by atoms with Gasteiger partial charge in [0.15, 0.2) is 0 Å². The van der Waals surface area contributed by atoms with E-state index in [0.29, 0.717) is 6.10 Å². The minimum Gasteiger partial charge on any atom is -0.373 e. The molecule has 0 aromatic carbocycles. The van der Waals surface area contributed by atoms with Crippen LogP contribution >= 0.6 is 0 Å². The molecule has 1 aliphatic rings. The van der Waals surface area contributed by atoms with Crippen LogP contribution in [0, 0.1) is 5.92 Å². The first-order valence-electron chi connectivity index (χ1n) is 2.96. The third-order valence-electron chi connectivity index (χ3n) is 1.64. The van der Waals surface area contributed by atoms with Gasteiger partial charge in [-0.3, -0.25) is 0 Å². The largest absolute Gasteiger partial charge is 0.373 e. The van der Waals surface area contributed by atoms with Crippen LogP contribution in [-0.2, 0) is 4.74 Å². The van der Waals surface area contributed by atoms with Crippen molar-refractivity contribution in [2.75, 3.05) is 6.61 Å². The van der Waals surface area contributed by atoms with Gasteiger partial charge in [-0.1, -0.05) is 20.3 Å². The molecule has 1 unspecified atom stereocenters. The van der Waals surface area contributed by atoms with Crippen molar-refractivity contribution in [3.63, 3.8) is 0 Å². The van der Waals surface area contributed by atoms with Gasteiger partial charge in [0.1, 0.15) is 0 Å². The van der Waals surface area contributed by atoms with Crippen LogP contribution in [0.3, 0.4) is 0 Å². The van der Waals surface area contributed by atoms with Gasteiger partial charge in [0.05, 0.1) is 12.7 Å². The molecule has 1 fully saturated rings. The van der Waals surface area contributed by atoms with Crippen LogP contribution in [0.4, 0.5) is 0 Å². The van der Waals surface area contributed by atoms with Gasteiger partial charge in [-0.2, -0.15) is 0 Å². The van der Waals surface area contributed by atoms with Crippen LogP contribution in [0.1, 0.15) is 20.3 Å². The molecule has 0 aromatic rings. The molecule has 1 rings (SSSR count). The average molecular weight is 100 g/mol. The highest BCUT2D eigenvalue weighted by atomic mass is 16.6. The second-order valence-electron chi connectivity index (χ2n) is 2.26. The van der Waals surface area contributed by atoms with E-state index >= 15 is 0 Å². The first kappa shape index (κ1) is 5.10. The van der Waals surface area contributed by atoms with E-state index in [1.807, 2.05) is 0 Å². The van der Waals surface area contributed by atoms with Gasteiger partial charge in [-0.15, -0.1) is 0 Å². The van der Waals surface area contributed by atoms with E-state index < -0.39 is 0 Å². The molecule has 0 aromatic heterocycles. The number of hydrogen-bond acceptors (Lipinski definition) is 1. The lowest BCUT2D eigenvalue weighted by Crippen LogP contribution is -1.99. The van der Waals surface area contributed by atoms with Crippen LogP contribution in [0.2, 0.25) is 0 Å². The Morgan fingerprint density at radius 3 is 2.57 bits per heavy atom. The normalized spacial score (nSPS) is 32.6. The molecule has 42 valence electrons. The van der Waals surface area contributed by atoms with Gasteiger partial charge < -0.3 is 4.74 Å². The second-order valence-corrected chi connectivity index (χ2v) is 2.26. The Hall–Kier alpha value is -0.0400. The Kier molecular flexibility index (Phi) is 1.33. The van der Waals surface area contributed by atoms with Gasteiger partial charge in [0.25, 0.3) is 0 Å². The monoisotopic (exact) mass is 100 g/mol. The third-order valence-corrected chi connectivity index (χ3v) is 1.64. The Labute approximate surface area is 44.7 Å². The van der Waals surface area contributed by atoms with Crippen LogP contribution in [0.25, 0.3) is 0 Å². The summed E-state index contributed by atoms with van der Waals surface area (Å²) in [6.45, 7) is 5.44. The van der Waals surface area contributed by atoms with E-state index in [0.717, 1.165) is 12.5 Å². The zero-order chi connectivity index (χ0) is 5.28. The Balaban J connectivity index is 2.10. The molecule has 2 atom stereocenters. The lowest BCUT2D eigenvalue weighted by molar-refractivity contribution is 0.337. The maximum absolute atomic E-state index is 5.06. The standard InChI is InChI=1S/C6H12O/c1-3-5(2)6-4-7-6/h5-6H,3-4H2,1-2H3/t5-,6?/m1/s1. The molecule has 0 bridgehead atoms. The SMILES string of the molecule is CC[C@@H](C)C1CO1. The first-order valence-corrected chi connectivity index (χ1v) is 2.96. The summed E-state index contributed by atoms with van der Waals surface area (Å²) in [5.41, 5.74) is 0. The lowest BCUT2D eigenvalue weighted by Gasteiger charge is -1.98. The van der Waals surface area contributed by atoms with Crippen molar-refractivity contribution in [1.82, 2.24) is 0 Å². The third kappa shape index (κ3) is 1.16. The van der Waals surface area contributed by atoms with Crippen LogP contribution < -0.4 is 0 Å². The van der Waals surface area contributed by atoms with E-state index in [1.54, 1.807) is 0 Å². The fraction of sp³-hybridized carbons (Fsp3) is 1.00.